The van der Waals surface area contributed by atoms with Crippen LogP contribution in [0.1, 0.15) is 27.2 Å². The Labute approximate surface area is 167 Å². The van der Waals surface area contributed by atoms with E-state index in [0.29, 0.717) is 23.0 Å². The Hall–Kier alpha value is -3.12. The van der Waals surface area contributed by atoms with Crippen molar-refractivity contribution < 1.29 is 13.9 Å². The van der Waals surface area contributed by atoms with Crippen LogP contribution in [0.15, 0.2) is 59.2 Å². The van der Waals surface area contributed by atoms with E-state index in [0.717, 1.165) is 27.1 Å². The second-order valence-corrected chi connectivity index (χ2v) is 7.63. The second kappa shape index (κ2) is 7.48. The number of rotatable bonds is 5. The van der Waals surface area contributed by atoms with Crippen LogP contribution in [0.25, 0.3) is 10.2 Å². The number of hydrogen-bond acceptors (Lipinski definition) is 5. The average Bonchev–Trinajstić information content (AvgIpc) is 3.36. The summed E-state index contributed by atoms with van der Waals surface area (Å²) in [4.78, 5) is 19.8. The molecule has 5 nitrogen and oxygen atoms in total. The third-order valence-corrected chi connectivity index (χ3v) is 5.62. The Morgan fingerprint density at radius 1 is 1.18 bits per heavy atom. The summed E-state index contributed by atoms with van der Waals surface area (Å²) in [5, 5.41) is 0.630. The van der Waals surface area contributed by atoms with Gasteiger partial charge in [-0.25, -0.2) is 4.98 Å². The molecule has 0 bridgehead atoms. The average molecular weight is 392 g/mol. The molecule has 0 aliphatic carbocycles. The predicted octanol–water partition coefficient (Wildman–Crippen LogP) is 5.36. The van der Waals surface area contributed by atoms with Gasteiger partial charge in [-0.1, -0.05) is 29.0 Å². The molecule has 0 atom stereocenters. The lowest BCUT2D eigenvalue weighted by Crippen LogP contribution is -2.30. The summed E-state index contributed by atoms with van der Waals surface area (Å²) in [5.74, 6) is 1.38. The highest BCUT2D eigenvalue weighted by Crippen LogP contribution is 2.33. The number of fused-ring (bicyclic) bond motifs is 1. The summed E-state index contributed by atoms with van der Waals surface area (Å²) in [7, 11) is 1.64. The molecular formula is C22H20N2O3S. The molecular weight excluding hydrogens is 372 g/mol. The number of aryl methyl sites for hydroxylation is 2. The molecule has 1 amide bonds. The van der Waals surface area contributed by atoms with E-state index in [4.69, 9.17) is 14.1 Å². The lowest BCUT2D eigenvalue weighted by Gasteiger charge is -2.20. The quantitative estimate of drug-likeness (QED) is 0.459. The van der Waals surface area contributed by atoms with E-state index in [1.54, 1.807) is 18.3 Å². The van der Waals surface area contributed by atoms with Crippen LogP contribution in [0.4, 0.5) is 5.13 Å². The number of ether oxygens (including phenoxy) is 1. The van der Waals surface area contributed by atoms with Gasteiger partial charge >= 0.3 is 0 Å². The van der Waals surface area contributed by atoms with Crippen molar-refractivity contribution in [3.05, 3.63) is 77.2 Å². The van der Waals surface area contributed by atoms with Crippen molar-refractivity contribution in [2.75, 3.05) is 12.0 Å². The molecule has 6 heteroatoms. The van der Waals surface area contributed by atoms with Gasteiger partial charge in [0, 0.05) is 5.56 Å². The van der Waals surface area contributed by atoms with Crippen LogP contribution in [0.5, 0.6) is 5.75 Å². The number of aromatic nitrogens is 1. The number of carbonyl (C=O) groups is 1. The van der Waals surface area contributed by atoms with E-state index < -0.39 is 0 Å². The van der Waals surface area contributed by atoms with Gasteiger partial charge in [0.05, 0.1) is 30.1 Å². The van der Waals surface area contributed by atoms with Gasteiger partial charge in [-0.2, -0.15) is 0 Å². The maximum absolute atomic E-state index is 13.5. The molecule has 0 saturated heterocycles. The van der Waals surface area contributed by atoms with Crippen molar-refractivity contribution in [1.29, 1.82) is 0 Å². The second-order valence-electron chi connectivity index (χ2n) is 6.62. The highest BCUT2D eigenvalue weighted by molar-refractivity contribution is 7.22. The minimum atomic E-state index is -0.0939. The van der Waals surface area contributed by atoms with Gasteiger partial charge in [0.25, 0.3) is 5.91 Å². The van der Waals surface area contributed by atoms with Gasteiger partial charge in [-0.3, -0.25) is 9.69 Å². The zero-order valence-corrected chi connectivity index (χ0v) is 16.7. The van der Waals surface area contributed by atoms with Crippen molar-refractivity contribution in [2.24, 2.45) is 0 Å². The van der Waals surface area contributed by atoms with E-state index in [2.05, 4.69) is 0 Å². The van der Waals surface area contributed by atoms with E-state index in [-0.39, 0.29) is 5.91 Å². The number of benzene rings is 2. The summed E-state index contributed by atoms with van der Waals surface area (Å²) in [6.07, 6.45) is 1.61. The lowest BCUT2D eigenvalue weighted by atomic mass is 10.0. The molecule has 0 aliphatic heterocycles. The van der Waals surface area contributed by atoms with Gasteiger partial charge in [0.1, 0.15) is 11.5 Å². The summed E-state index contributed by atoms with van der Waals surface area (Å²) in [6.45, 7) is 4.24. The van der Waals surface area contributed by atoms with Gasteiger partial charge in [0.15, 0.2) is 5.13 Å². The fourth-order valence-electron chi connectivity index (χ4n) is 3.03. The summed E-state index contributed by atoms with van der Waals surface area (Å²) < 4.78 is 11.8. The molecule has 0 spiro atoms. The fourth-order valence-corrected chi connectivity index (χ4v) is 4.02. The SMILES string of the molecule is COc1ccc2nc(N(Cc3ccco3)C(=O)c3cc(C)ccc3C)sc2c1. The molecule has 2 aromatic heterocycles. The molecule has 0 N–H and O–H groups in total. The molecule has 4 rings (SSSR count). The number of carbonyl (C=O) groups excluding carboxylic acids is 1. The molecule has 0 fully saturated rings. The smallest absolute Gasteiger partial charge is 0.260 e. The Kier molecular flexibility index (Phi) is 4.88. The van der Waals surface area contributed by atoms with Crippen LogP contribution in [0.2, 0.25) is 0 Å². The Balaban J connectivity index is 1.79. The Morgan fingerprint density at radius 3 is 2.79 bits per heavy atom. The Bertz CT molecular complexity index is 1130. The molecule has 0 unspecified atom stereocenters. The predicted molar refractivity (Wildman–Crippen MR) is 111 cm³/mol. The van der Waals surface area contributed by atoms with Gasteiger partial charge < -0.3 is 9.15 Å². The van der Waals surface area contributed by atoms with Crippen molar-refractivity contribution >= 4 is 32.6 Å². The monoisotopic (exact) mass is 392 g/mol. The van der Waals surface area contributed by atoms with Crippen molar-refractivity contribution in [3.63, 3.8) is 0 Å². The molecule has 2 aromatic carbocycles. The summed E-state index contributed by atoms with van der Waals surface area (Å²) in [5.41, 5.74) is 3.48. The molecule has 0 saturated carbocycles. The molecule has 0 radical (unpaired) electrons. The van der Waals surface area contributed by atoms with Crippen LogP contribution >= 0.6 is 11.3 Å². The van der Waals surface area contributed by atoms with Crippen LogP contribution in [0.3, 0.4) is 0 Å². The number of furan rings is 1. The fraction of sp³-hybridized carbons (Fsp3) is 0.182. The Morgan fingerprint density at radius 2 is 2.04 bits per heavy atom. The molecule has 0 aliphatic rings. The van der Waals surface area contributed by atoms with Gasteiger partial charge in [0.2, 0.25) is 0 Å². The third kappa shape index (κ3) is 3.51. The zero-order chi connectivity index (χ0) is 19.7. The maximum Gasteiger partial charge on any atom is 0.260 e. The molecule has 28 heavy (non-hydrogen) atoms. The third-order valence-electron chi connectivity index (χ3n) is 4.58. The van der Waals surface area contributed by atoms with Crippen LogP contribution in [-0.2, 0) is 6.54 Å². The highest BCUT2D eigenvalue weighted by atomic mass is 32.1. The number of nitrogens with zero attached hydrogens (tertiary/aromatic N) is 2. The number of anilines is 1. The van der Waals surface area contributed by atoms with E-state index >= 15 is 0 Å². The lowest BCUT2D eigenvalue weighted by molar-refractivity contribution is 0.0982. The zero-order valence-electron chi connectivity index (χ0n) is 15.9. The molecule has 2 heterocycles. The number of methoxy groups -OCH3 is 1. The van der Waals surface area contributed by atoms with E-state index in [9.17, 15) is 4.79 Å². The largest absolute Gasteiger partial charge is 0.497 e. The van der Waals surface area contributed by atoms with Crippen molar-refractivity contribution in [1.82, 2.24) is 4.98 Å². The number of thiazole rings is 1. The van der Waals surface area contributed by atoms with Crippen molar-refractivity contribution in [2.45, 2.75) is 20.4 Å². The number of hydrogen-bond donors (Lipinski definition) is 0. The van der Waals surface area contributed by atoms with Crippen LogP contribution < -0.4 is 9.64 Å². The first kappa shape index (κ1) is 18.3. The topological polar surface area (TPSA) is 55.6 Å². The standard InChI is InChI=1S/C22H20N2O3S/c1-14-6-7-15(2)18(11-14)21(25)24(13-17-5-4-10-27-17)22-23-19-9-8-16(26-3)12-20(19)28-22/h4-12H,13H2,1-3H3. The van der Waals surface area contributed by atoms with Gasteiger partial charge in [-0.15, -0.1) is 0 Å². The minimum absolute atomic E-state index is 0.0939. The molecule has 142 valence electrons. The van der Waals surface area contributed by atoms with Crippen molar-refractivity contribution in [3.8, 4) is 5.75 Å². The van der Waals surface area contributed by atoms with E-state index in [1.165, 1.54) is 11.3 Å². The first-order valence-corrected chi connectivity index (χ1v) is 9.73. The summed E-state index contributed by atoms with van der Waals surface area (Å²) >= 11 is 1.46. The highest BCUT2D eigenvalue weighted by Gasteiger charge is 2.24. The van der Waals surface area contributed by atoms with E-state index in [1.807, 2.05) is 62.4 Å². The normalized spacial score (nSPS) is 11.0. The van der Waals surface area contributed by atoms with Crippen LogP contribution in [0, 0.1) is 13.8 Å². The van der Waals surface area contributed by atoms with Crippen LogP contribution in [-0.4, -0.2) is 18.0 Å². The maximum atomic E-state index is 13.5. The minimum Gasteiger partial charge on any atom is -0.497 e. The molecule has 4 aromatic rings. The first-order chi connectivity index (χ1) is 13.5. The number of amides is 1. The first-order valence-electron chi connectivity index (χ1n) is 8.91. The van der Waals surface area contributed by atoms with Gasteiger partial charge in [-0.05, 0) is 55.8 Å². The summed E-state index contributed by atoms with van der Waals surface area (Å²) in [6, 6.07) is 15.3.